The summed E-state index contributed by atoms with van der Waals surface area (Å²) in [6, 6.07) is 14.4. The number of unbranched alkanes of at least 4 members (excludes halogenated alkanes) is 1. The number of para-hydroxylation sites is 4. The first-order chi connectivity index (χ1) is 15.0. The molecule has 0 fully saturated rings. The van der Waals surface area contributed by atoms with Gasteiger partial charge < -0.3 is 40.7 Å². The van der Waals surface area contributed by atoms with Gasteiger partial charge in [-0.1, -0.05) is 79.7 Å². The zero-order valence-corrected chi connectivity index (χ0v) is 21.8. The van der Waals surface area contributed by atoms with Crippen molar-refractivity contribution in [2.24, 2.45) is 11.8 Å². The minimum absolute atomic E-state index is 0. The molecule has 0 aliphatic rings. The van der Waals surface area contributed by atoms with Crippen molar-refractivity contribution in [1.82, 2.24) is 0 Å². The molecule has 0 aliphatic heterocycles. The van der Waals surface area contributed by atoms with Gasteiger partial charge in [-0.25, -0.2) is 0 Å². The van der Waals surface area contributed by atoms with E-state index in [1.165, 1.54) is 6.42 Å². The third kappa shape index (κ3) is 23.0. The van der Waals surface area contributed by atoms with E-state index in [9.17, 15) is 9.59 Å². The molecule has 1 radical (unpaired) electrons. The van der Waals surface area contributed by atoms with Crippen molar-refractivity contribution >= 4 is 34.6 Å². The number of hydrogen-bond acceptors (Lipinski definition) is 4. The van der Waals surface area contributed by atoms with Crippen molar-refractivity contribution in [3.05, 3.63) is 62.4 Å². The van der Waals surface area contributed by atoms with E-state index in [0.717, 1.165) is 12.8 Å². The fourth-order valence-corrected chi connectivity index (χ4v) is 2.42. The Morgan fingerprint density at radius 1 is 0.829 bits per heavy atom. The predicted octanol–water partition coefficient (Wildman–Crippen LogP) is 7.21. The van der Waals surface area contributed by atoms with E-state index in [1.807, 2.05) is 18.2 Å². The van der Waals surface area contributed by atoms with Crippen molar-refractivity contribution in [1.29, 1.82) is 0 Å². The fraction of sp³-hybridized carbons (Fsp3) is 0.429. The van der Waals surface area contributed by atoms with Gasteiger partial charge >= 0.3 is 18.6 Å². The first kappa shape index (κ1) is 39.6. The van der Waals surface area contributed by atoms with Gasteiger partial charge in [0.05, 0.1) is 28.7 Å². The van der Waals surface area contributed by atoms with Crippen molar-refractivity contribution in [2.45, 2.75) is 68.2 Å². The Kier molecular flexibility index (Phi) is 26.3. The first-order valence-corrected chi connectivity index (χ1v) is 11.0. The molecule has 2 amide bonds. The summed E-state index contributed by atoms with van der Waals surface area (Å²) in [6.45, 7) is 15.3. The Morgan fingerprint density at radius 3 is 1.60 bits per heavy atom. The summed E-state index contributed by atoms with van der Waals surface area (Å²) in [6.07, 6.45) is 3.80. The number of nitrogens with two attached hydrogens (primary N) is 2. The molecule has 0 saturated heterocycles. The minimum atomic E-state index is -0.358. The van der Waals surface area contributed by atoms with Crippen LogP contribution in [0.5, 0.6) is 0 Å². The Balaban J connectivity index is -0.000000232. The number of carbonyl (C=O) groups excluding carboxylic acids is 2. The van der Waals surface area contributed by atoms with Crippen LogP contribution in [0.25, 0.3) is 0 Å². The molecule has 7 heteroatoms. The predicted molar refractivity (Wildman–Crippen MR) is 151 cm³/mol. The van der Waals surface area contributed by atoms with E-state index in [1.54, 1.807) is 30.3 Å². The van der Waals surface area contributed by atoms with Gasteiger partial charge in [-0.3, -0.25) is 4.79 Å². The van der Waals surface area contributed by atoms with Crippen molar-refractivity contribution in [3.8, 4) is 0 Å². The zero-order valence-electron chi connectivity index (χ0n) is 20.4. The van der Waals surface area contributed by atoms with Crippen LogP contribution in [-0.2, 0) is 28.1 Å². The van der Waals surface area contributed by atoms with Crippen LogP contribution in [0.4, 0.5) is 22.7 Å². The average Bonchev–Trinajstić information content (AvgIpc) is 2.68. The quantitative estimate of drug-likeness (QED) is 0.175. The molecule has 6 N–H and O–H groups in total. The number of nitrogens with one attached hydrogen (secondary N) is 2. The maximum atomic E-state index is 11.6. The number of amides is 2. The molecule has 2 rings (SSSR count). The van der Waals surface area contributed by atoms with E-state index < -0.39 is 0 Å². The number of carbonyl (C=O) groups is 2. The topological polar surface area (TPSA) is 110 Å². The standard InChI is InChI=1S/C14H22N2O.C8H9N2O.C4H9.2CH4.V/c1-11(2)7-3-6-10-14(17)16-13-9-5-4-8-12(13)15;1-6(11)10-8-5-3-2-4-7(8)9;1-4(2)3;;;/h4-5,8-9,11H,3,6-7,10,15H2,1-2H3,(H,16,17);2-5H,1,9H2,(H,10,11);4H,1H2,2-3H3;2*1H4;/q;2*-1;;;+2. The Labute approximate surface area is 226 Å². The smallest absolute Gasteiger partial charge is 0.397 e. The van der Waals surface area contributed by atoms with Crippen molar-refractivity contribution in [2.75, 3.05) is 22.1 Å². The van der Waals surface area contributed by atoms with Gasteiger partial charge in [-0.2, -0.15) is 5.92 Å². The molecule has 2 aromatic carbocycles. The summed E-state index contributed by atoms with van der Waals surface area (Å²) < 4.78 is 0. The van der Waals surface area contributed by atoms with Crippen LogP contribution in [0.1, 0.15) is 68.2 Å². The van der Waals surface area contributed by atoms with Gasteiger partial charge in [0.1, 0.15) is 0 Å². The van der Waals surface area contributed by atoms with Gasteiger partial charge in [-0.05, 0) is 36.6 Å². The number of rotatable bonds is 7. The molecule has 0 aliphatic carbocycles. The van der Waals surface area contributed by atoms with E-state index in [0.29, 0.717) is 41.0 Å². The van der Waals surface area contributed by atoms with Crippen LogP contribution >= 0.6 is 0 Å². The van der Waals surface area contributed by atoms with Crippen LogP contribution < -0.4 is 22.1 Å². The summed E-state index contributed by atoms with van der Waals surface area (Å²) in [5.41, 5.74) is 13.7. The third-order valence-electron chi connectivity index (χ3n) is 3.91. The van der Waals surface area contributed by atoms with Crippen LogP contribution in [0.15, 0.2) is 48.5 Å². The second kappa shape index (κ2) is 23.2. The van der Waals surface area contributed by atoms with Crippen LogP contribution in [0.3, 0.4) is 0 Å². The van der Waals surface area contributed by atoms with Gasteiger partial charge in [0, 0.05) is 6.42 Å². The molecule has 0 saturated carbocycles. The maximum Gasteiger partial charge on any atom is 2.00 e. The molecule has 35 heavy (non-hydrogen) atoms. The molecule has 6 nitrogen and oxygen atoms in total. The fourth-order valence-electron chi connectivity index (χ4n) is 2.42. The second-order valence-electron chi connectivity index (χ2n) is 8.30. The number of benzene rings is 2. The Hall–Kier alpha value is -2.57. The number of anilines is 4. The second-order valence-corrected chi connectivity index (χ2v) is 8.30. The molecular formula is C28H48N4O2V. The average molecular weight is 524 g/mol. The van der Waals surface area contributed by atoms with E-state index in [4.69, 9.17) is 11.5 Å². The maximum absolute atomic E-state index is 11.6. The summed E-state index contributed by atoms with van der Waals surface area (Å²) >= 11 is 0. The third-order valence-corrected chi connectivity index (χ3v) is 3.91. The summed E-state index contributed by atoms with van der Waals surface area (Å²) in [4.78, 5) is 22.1. The molecule has 0 unspecified atom stereocenters. The van der Waals surface area contributed by atoms with E-state index >= 15 is 0 Å². The van der Waals surface area contributed by atoms with Crippen LogP contribution in [-0.4, -0.2) is 11.8 Å². The van der Waals surface area contributed by atoms with Gasteiger partial charge in [0.15, 0.2) is 0 Å². The Bertz CT molecular complexity index is 808. The molecule has 0 aromatic heterocycles. The largest absolute Gasteiger partial charge is 2.00 e. The van der Waals surface area contributed by atoms with Gasteiger partial charge in [0.25, 0.3) is 0 Å². The van der Waals surface area contributed by atoms with Crippen molar-refractivity contribution in [3.63, 3.8) is 0 Å². The van der Waals surface area contributed by atoms with E-state index in [2.05, 4.69) is 52.2 Å². The molecule has 0 heterocycles. The molecule has 2 aromatic rings. The summed E-state index contributed by atoms with van der Waals surface area (Å²) in [5.74, 6) is 0.984. The Morgan fingerprint density at radius 2 is 1.23 bits per heavy atom. The minimum Gasteiger partial charge on any atom is -0.397 e. The molecular weight excluding hydrogens is 475 g/mol. The molecule has 0 spiro atoms. The van der Waals surface area contributed by atoms with Crippen molar-refractivity contribution < 1.29 is 28.1 Å². The van der Waals surface area contributed by atoms with Gasteiger partial charge in [0.2, 0.25) is 5.91 Å². The van der Waals surface area contributed by atoms with Gasteiger partial charge in [-0.15, -0.1) is 0 Å². The number of hydrogen-bond donors (Lipinski definition) is 4. The number of nitrogen functional groups attached to an aromatic ring is 2. The normalized spacial score (nSPS) is 9.00. The SMILES string of the molecule is C.C.CC(C)CCCCC(=O)Nc1ccccc1N.[CH2-]C(=O)Nc1ccccc1N.[CH2-]C(C)C.[V+2]. The zero-order chi connectivity index (χ0) is 24.5. The van der Waals surface area contributed by atoms with Crippen LogP contribution in [0, 0.1) is 25.7 Å². The summed E-state index contributed by atoms with van der Waals surface area (Å²) in [7, 11) is 0. The summed E-state index contributed by atoms with van der Waals surface area (Å²) in [5, 5.41) is 5.33. The van der Waals surface area contributed by atoms with Crippen LogP contribution in [0.2, 0.25) is 0 Å². The molecule has 197 valence electrons. The first-order valence-electron chi connectivity index (χ1n) is 11.0. The monoisotopic (exact) mass is 523 g/mol. The van der Waals surface area contributed by atoms with E-state index in [-0.39, 0.29) is 45.2 Å². The molecule has 0 atom stereocenters. The molecule has 0 bridgehead atoms.